The summed E-state index contributed by atoms with van der Waals surface area (Å²) in [6.45, 7) is 6.69. The van der Waals surface area contributed by atoms with Gasteiger partial charge < -0.3 is 19.4 Å². The van der Waals surface area contributed by atoms with E-state index in [1.165, 1.54) is 11.3 Å². The molecule has 0 fully saturated rings. The van der Waals surface area contributed by atoms with E-state index in [0.29, 0.717) is 35.8 Å². The van der Waals surface area contributed by atoms with Crippen molar-refractivity contribution in [2.45, 2.75) is 19.9 Å². The summed E-state index contributed by atoms with van der Waals surface area (Å²) in [5, 5.41) is 5.63. The summed E-state index contributed by atoms with van der Waals surface area (Å²) in [5.41, 5.74) is 4.96. The molecule has 0 bridgehead atoms. The molecule has 0 aliphatic heterocycles. The molecule has 3 aromatic heterocycles. The predicted molar refractivity (Wildman–Crippen MR) is 137 cm³/mol. The van der Waals surface area contributed by atoms with Crippen LogP contribution in [0, 0.1) is 6.92 Å². The van der Waals surface area contributed by atoms with Crippen LogP contribution in [0.5, 0.6) is 11.5 Å². The van der Waals surface area contributed by atoms with E-state index < -0.39 is 0 Å². The van der Waals surface area contributed by atoms with Gasteiger partial charge in [-0.05, 0) is 37.1 Å². The molecule has 180 valence electrons. The van der Waals surface area contributed by atoms with Gasteiger partial charge in [-0.15, -0.1) is 17.9 Å². The highest BCUT2D eigenvalue weighted by Crippen LogP contribution is 2.32. The first-order valence-corrected chi connectivity index (χ1v) is 12.0. The molecule has 1 aromatic carbocycles. The Bertz CT molecular complexity index is 1330. The van der Waals surface area contributed by atoms with E-state index in [2.05, 4.69) is 26.4 Å². The molecule has 0 aliphatic carbocycles. The van der Waals surface area contributed by atoms with Gasteiger partial charge in [-0.1, -0.05) is 12.1 Å². The Hall–Kier alpha value is -3.98. The van der Waals surface area contributed by atoms with E-state index in [4.69, 9.17) is 14.5 Å². The number of amides is 1. The van der Waals surface area contributed by atoms with Crippen molar-refractivity contribution < 1.29 is 14.3 Å². The number of thiazole rings is 1. The van der Waals surface area contributed by atoms with Crippen LogP contribution >= 0.6 is 11.3 Å². The number of carbonyl (C=O) groups is 1. The minimum atomic E-state index is -0.141. The number of hydrogen-bond acceptors (Lipinski definition) is 7. The van der Waals surface area contributed by atoms with E-state index in [1.807, 2.05) is 36.6 Å². The summed E-state index contributed by atoms with van der Waals surface area (Å²) in [6, 6.07) is 7.80. The van der Waals surface area contributed by atoms with Gasteiger partial charge >= 0.3 is 0 Å². The van der Waals surface area contributed by atoms with Gasteiger partial charge in [-0.2, -0.15) is 0 Å². The SMILES string of the molecule is C=CCNC(=O)c1cc(-c2csc(-c3cnccn3)n2)n(CCc2ccc(OC)c(OC)c2)c1C. The number of benzene rings is 1. The zero-order valence-electron chi connectivity index (χ0n) is 19.9. The quantitative estimate of drug-likeness (QED) is 0.329. The molecule has 0 unspecified atom stereocenters. The molecule has 1 amide bonds. The molecule has 3 heterocycles. The van der Waals surface area contributed by atoms with Gasteiger partial charge in [0.2, 0.25) is 0 Å². The van der Waals surface area contributed by atoms with Gasteiger partial charge in [0.15, 0.2) is 11.5 Å². The lowest BCUT2D eigenvalue weighted by Crippen LogP contribution is -2.23. The molecular formula is C26H27N5O3S. The Morgan fingerprint density at radius 3 is 2.71 bits per heavy atom. The Kier molecular flexibility index (Phi) is 7.57. The van der Waals surface area contributed by atoms with Crippen molar-refractivity contribution in [3.8, 4) is 33.6 Å². The second kappa shape index (κ2) is 11.0. The highest BCUT2D eigenvalue weighted by atomic mass is 32.1. The number of rotatable bonds is 10. The maximum Gasteiger partial charge on any atom is 0.253 e. The average Bonchev–Trinajstić information content (AvgIpc) is 3.51. The molecule has 1 N–H and O–H groups in total. The summed E-state index contributed by atoms with van der Waals surface area (Å²) in [6.07, 6.45) is 7.37. The predicted octanol–water partition coefficient (Wildman–Crippen LogP) is 4.55. The van der Waals surface area contributed by atoms with Gasteiger partial charge in [-0.25, -0.2) is 4.98 Å². The minimum absolute atomic E-state index is 0.141. The maximum atomic E-state index is 12.8. The topological polar surface area (TPSA) is 91.2 Å². The fraction of sp³-hybridized carbons (Fsp3) is 0.231. The molecule has 0 aliphatic rings. The molecule has 0 saturated carbocycles. The highest BCUT2D eigenvalue weighted by molar-refractivity contribution is 7.13. The van der Waals surface area contributed by atoms with Crippen LogP contribution in [0.2, 0.25) is 0 Å². The third-order valence-corrected chi connectivity index (χ3v) is 6.50. The summed E-state index contributed by atoms with van der Waals surface area (Å²) in [7, 11) is 3.25. The molecule has 9 heteroatoms. The smallest absolute Gasteiger partial charge is 0.253 e. The van der Waals surface area contributed by atoms with Crippen LogP contribution < -0.4 is 14.8 Å². The second-order valence-corrected chi connectivity index (χ2v) is 8.60. The van der Waals surface area contributed by atoms with E-state index in [1.54, 1.807) is 38.9 Å². The van der Waals surface area contributed by atoms with E-state index in [9.17, 15) is 4.79 Å². The molecule has 0 radical (unpaired) electrons. The Morgan fingerprint density at radius 2 is 2.00 bits per heavy atom. The normalized spacial score (nSPS) is 10.7. The monoisotopic (exact) mass is 489 g/mol. The number of nitrogens with zero attached hydrogens (tertiary/aromatic N) is 4. The van der Waals surface area contributed by atoms with Crippen molar-refractivity contribution in [2.24, 2.45) is 0 Å². The lowest BCUT2D eigenvalue weighted by Gasteiger charge is -2.13. The fourth-order valence-electron chi connectivity index (χ4n) is 3.83. The molecular weight excluding hydrogens is 462 g/mol. The molecule has 35 heavy (non-hydrogen) atoms. The van der Waals surface area contributed by atoms with E-state index >= 15 is 0 Å². The summed E-state index contributed by atoms with van der Waals surface area (Å²) < 4.78 is 12.9. The van der Waals surface area contributed by atoms with Crippen molar-refractivity contribution in [1.29, 1.82) is 0 Å². The first-order valence-electron chi connectivity index (χ1n) is 11.1. The molecule has 0 spiro atoms. The zero-order valence-corrected chi connectivity index (χ0v) is 20.8. The molecule has 8 nitrogen and oxygen atoms in total. The average molecular weight is 490 g/mol. The van der Waals surface area contributed by atoms with Gasteiger partial charge in [-0.3, -0.25) is 14.8 Å². The second-order valence-electron chi connectivity index (χ2n) is 7.75. The van der Waals surface area contributed by atoms with Crippen molar-refractivity contribution in [1.82, 2.24) is 24.8 Å². The Morgan fingerprint density at radius 1 is 1.17 bits per heavy atom. The van der Waals surface area contributed by atoms with Crippen LogP contribution in [-0.4, -0.2) is 46.2 Å². The number of nitrogens with one attached hydrogen (secondary N) is 1. The van der Waals surface area contributed by atoms with Crippen molar-refractivity contribution in [3.63, 3.8) is 0 Å². The first kappa shape index (κ1) is 24.2. The van der Waals surface area contributed by atoms with E-state index in [0.717, 1.165) is 34.1 Å². The van der Waals surface area contributed by atoms with Crippen LogP contribution in [0.3, 0.4) is 0 Å². The van der Waals surface area contributed by atoms with Crippen molar-refractivity contribution >= 4 is 17.2 Å². The highest BCUT2D eigenvalue weighted by Gasteiger charge is 2.20. The van der Waals surface area contributed by atoms with Crippen LogP contribution in [-0.2, 0) is 13.0 Å². The lowest BCUT2D eigenvalue weighted by molar-refractivity contribution is 0.0957. The standard InChI is InChI=1S/C26H27N5O3S/c1-5-9-29-25(32)19-14-22(21-16-35-26(30-21)20-15-27-10-11-28-20)31(17(19)2)12-8-18-6-7-23(33-3)24(13-18)34-4/h5-7,10-11,13-16H,1,8-9,12H2,2-4H3,(H,29,32). The molecule has 0 atom stereocenters. The van der Waals surface area contributed by atoms with Crippen molar-refractivity contribution in [2.75, 3.05) is 20.8 Å². The largest absolute Gasteiger partial charge is 0.493 e. The van der Waals surface area contributed by atoms with Crippen LogP contribution in [0.25, 0.3) is 22.1 Å². The third-order valence-electron chi connectivity index (χ3n) is 5.64. The zero-order chi connectivity index (χ0) is 24.8. The number of carbonyl (C=O) groups excluding carboxylic acids is 1. The van der Waals surface area contributed by atoms with Crippen LogP contribution in [0.15, 0.2) is 60.9 Å². The summed E-state index contributed by atoms with van der Waals surface area (Å²) in [5.74, 6) is 1.24. The van der Waals surface area contributed by atoms with E-state index in [-0.39, 0.29) is 5.91 Å². The summed E-state index contributed by atoms with van der Waals surface area (Å²) >= 11 is 1.50. The van der Waals surface area contributed by atoms with Gasteiger partial charge in [0.25, 0.3) is 5.91 Å². The van der Waals surface area contributed by atoms with Crippen LogP contribution in [0.1, 0.15) is 21.6 Å². The Labute approximate surface area is 208 Å². The number of aryl methyl sites for hydroxylation is 1. The van der Waals surface area contributed by atoms with Gasteiger partial charge in [0.05, 0.1) is 37.4 Å². The van der Waals surface area contributed by atoms with Gasteiger partial charge in [0.1, 0.15) is 10.7 Å². The van der Waals surface area contributed by atoms with Gasteiger partial charge in [0, 0.05) is 36.6 Å². The fourth-order valence-corrected chi connectivity index (χ4v) is 4.60. The summed E-state index contributed by atoms with van der Waals surface area (Å²) in [4.78, 5) is 26.1. The number of ether oxygens (including phenoxy) is 2. The van der Waals surface area contributed by atoms with Crippen LogP contribution in [0.4, 0.5) is 0 Å². The lowest BCUT2D eigenvalue weighted by atomic mass is 10.1. The third kappa shape index (κ3) is 5.25. The van der Waals surface area contributed by atoms with Crippen molar-refractivity contribution in [3.05, 3.63) is 77.7 Å². The molecule has 0 saturated heterocycles. The number of aromatic nitrogens is 4. The number of methoxy groups -OCH3 is 2. The first-order chi connectivity index (χ1) is 17.0. The Balaban J connectivity index is 1.68. The molecule has 4 aromatic rings. The minimum Gasteiger partial charge on any atom is -0.493 e. The maximum absolute atomic E-state index is 12.8. The molecule has 4 rings (SSSR count). The number of hydrogen-bond donors (Lipinski definition) is 1.